The van der Waals surface area contributed by atoms with Crippen molar-refractivity contribution in [1.82, 2.24) is 0 Å². The van der Waals surface area contributed by atoms with E-state index in [-0.39, 0.29) is 0 Å². The first-order chi connectivity index (χ1) is 5.33. The summed E-state index contributed by atoms with van der Waals surface area (Å²) in [6, 6.07) is 0. The molecule has 1 aliphatic rings. The first-order valence-electron chi connectivity index (χ1n) is 4.01. The molecule has 1 saturated heterocycles. The Bertz CT molecular complexity index is 148. The maximum Gasteiger partial charge on any atom is 0.124 e. The minimum absolute atomic E-state index is 0.557. The van der Waals surface area contributed by atoms with Gasteiger partial charge in [0.25, 0.3) is 0 Å². The van der Waals surface area contributed by atoms with E-state index in [4.69, 9.17) is 0 Å². The molecule has 0 saturated carbocycles. The van der Waals surface area contributed by atoms with Crippen LogP contribution in [0.1, 0.15) is 19.3 Å². The van der Waals surface area contributed by atoms with Crippen LogP contribution in [0.5, 0.6) is 0 Å². The molecule has 1 atom stereocenters. The Labute approximate surface area is 72.2 Å². The Hall–Kier alpha value is -0.240. The lowest BCUT2D eigenvalue weighted by Crippen LogP contribution is -1.99. The Morgan fingerprint density at radius 2 is 2.55 bits per heavy atom. The van der Waals surface area contributed by atoms with Gasteiger partial charge in [-0.2, -0.15) is 11.8 Å². The van der Waals surface area contributed by atoms with E-state index >= 15 is 0 Å². The van der Waals surface area contributed by atoms with Gasteiger partial charge in [0.05, 0.1) is 0 Å². The molecule has 2 heteroatoms. The smallest absolute Gasteiger partial charge is 0.124 e. The van der Waals surface area contributed by atoms with Crippen LogP contribution in [0.15, 0.2) is 12.2 Å². The third-order valence-electron chi connectivity index (χ3n) is 1.97. The quantitative estimate of drug-likeness (QED) is 0.475. The van der Waals surface area contributed by atoms with Gasteiger partial charge in [0.1, 0.15) is 6.29 Å². The van der Waals surface area contributed by atoms with E-state index in [9.17, 15) is 4.79 Å². The summed E-state index contributed by atoms with van der Waals surface area (Å²) in [4.78, 5) is 10.1. The van der Waals surface area contributed by atoms with Crippen LogP contribution in [0.3, 0.4) is 0 Å². The summed E-state index contributed by atoms with van der Waals surface area (Å²) in [7, 11) is 0. The maximum atomic E-state index is 10.1. The van der Waals surface area contributed by atoms with E-state index < -0.39 is 0 Å². The summed E-state index contributed by atoms with van der Waals surface area (Å²) < 4.78 is 0. The second-order valence-electron chi connectivity index (χ2n) is 3.05. The summed E-state index contributed by atoms with van der Waals surface area (Å²) in [5, 5.41) is 0. The molecule has 1 unspecified atom stereocenters. The van der Waals surface area contributed by atoms with Gasteiger partial charge in [-0.15, -0.1) is 0 Å². The molecule has 1 rings (SSSR count). The third-order valence-corrected chi connectivity index (χ3v) is 3.20. The minimum atomic E-state index is 0.557. The van der Waals surface area contributed by atoms with Gasteiger partial charge in [0, 0.05) is 6.42 Å². The van der Waals surface area contributed by atoms with Gasteiger partial charge in [-0.1, -0.05) is 12.2 Å². The molecular formula is C9H14OS. The first-order valence-corrected chi connectivity index (χ1v) is 5.16. The summed E-state index contributed by atoms with van der Waals surface area (Å²) >= 11 is 2.01. The van der Waals surface area contributed by atoms with Crippen molar-refractivity contribution in [3.8, 4) is 0 Å². The largest absolute Gasteiger partial charge is 0.303 e. The lowest BCUT2D eigenvalue weighted by molar-refractivity contribution is -0.107. The molecule has 0 aliphatic carbocycles. The fourth-order valence-corrected chi connectivity index (χ4v) is 2.64. The molecule has 0 amide bonds. The average molecular weight is 170 g/mol. The fourth-order valence-electron chi connectivity index (χ4n) is 1.35. The highest BCUT2D eigenvalue weighted by Gasteiger charge is 2.15. The van der Waals surface area contributed by atoms with Crippen molar-refractivity contribution in [2.24, 2.45) is 5.92 Å². The molecule has 1 fully saturated rings. The van der Waals surface area contributed by atoms with Gasteiger partial charge in [-0.3, -0.25) is 0 Å². The van der Waals surface area contributed by atoms with Crippen molar-refractivity contribution in [3.05, 3.63) is 12.2 Å². The molecule has 1 heterocycles. The number of allylic oxidation sites excluding steroid dienone is 1. The number of hydrogen-bond acceptors (Lipinski definition) is 2. The molecule has 0 bridgehead atoms. The van der Waals surface area contributed by atoms with E-state index in [1.165, 1.54) is 17.9 Å². The lowest BCUT2D eigenvalue weighted by atomic mass is 9.98. The van der Waals surface area contributed by atoms with E-state index in [2.05, 4.69) is 6.58 Å². The number of aldehydes is 1. The minimum Gasteiger partial charge on any atom is -0.303 e. The van der Waals surface area contributed by atoms with E-state index in [0.717, 1.165) is 24.2 Å². The number of rotatable bonds is 4. The molecule has 0 spiro atoms. The molecule has 62 valence electrons. The van der Waals surface area contributed by atoms with Gasteiger partial charge in [-0.25, -0.2) is 0 Å². The van der Waals surface area contributed by atoms with Crippen molar-refractivity contribution in [2.45, 2.75) is 19.3 Å². The Morgan fingerprint density at radius 3 is 3.09 bits per heavy atom. The van der Waals surface area contributed by atoms with Gasteiger partial charge < -0.3 is 4.79 Å². The summed E-state index contributed by atoms with van der Waals surface area (Å²) in [6.07, 6.45) is 3.87. The fraction of sp³-hybridized carbons (Fsp3) is 0.667. The van der Waals surface area contributed by atoms with Crippen molar-refractivity contribution < 1.29 is 4.79 Å². The SMILES string of the molecule is C=C(CC=O)CC1CCSC1. The van der Waals surface area contributed by atoms with Gasteiger partial charge in [0.15, 0.2) is 0 Å². The third kappa shape index (κ3) is 3.10. The topological polar surface area (TPSA) is 17.1 Å². The first kappa shape index (κ1) is 8.85. The number of carbonyl (C=O) groups is 1. The molecule has 11 heavy (non-hydrogen) atoms. The van der Waals surface area contributed by atoms with Crippen LogP contribution in [0.25, 0.3) is 0 Å². The van der Waals surface area contributed by atoms with Gasteiger partial charge in [-0.05, 0) is 30.3 Å². The van der Waals surface area contributed by atoms with Crippen LogP contribution < -0.4 is 0 Å². The maximum absolute atomic E-state index is 10.1. The van der Waals surface area contributed by atoms with Crippen molar-refractivity contribution >= 4 is 18.0 Å². The van der Waals surface area contributed by atoms with Crippen LogP contribution in [0.2, 0.25) is 0 Å². The van der Waals surface area contributed by atoms with E-state index in [1.54, 1.807) is 0 Å². The van der Waals surface area contributed by atoms with Crippen LogP contribution in [-0.2, 0) is 4.79 Å². The normalized spacial score (nSPS) is 23.5. The van der Waals surface area contributed by atoms with Crippen LogP contribution in [-0.4, -0.2) is 17.8 Å². The second kappa shape index (κ2) is 4.60. The summed E-state index contributed by atoms with van der Waals surface area (Å²) in [5.74, 6) is 3.35. The molecule has 0 N–H and O–H groups in total. The highest BCUT2D eigenvalue weighted by Crippen LogP contribution is 2.28. The Morgan fingerprint density at radius 1 is 1.73 bits per heavy atom. The molecule has 0 aromatic rings. The molecule has 0 aromatic carbocycles. The number of thioether (sulfide) groups is 1. The highest BCUT2D eigenvalue weighted by molar-refractivity contribution is 7.99. The van der Waals surface area contributed by atoms with E-state index in [1.807, 2.05) is 11.8 Å². The van der Waals surface area contributed by atoms with Crippen LogP contribution >= 0.6 is 11.8 Å². The van der Waals surface area contributed by atoms with Gasteiger partial charge >= 0.3 is 0 Å². The van der Waals surface area contributed by atoms with E-state index in [0.29, 0.717) is 6.42 Å². The monoisotopic (exact) mass is 170 g/mol. The van der Waals surface area contributed by atoms with Crippen molar-refractivity contribution in [2.75, 3.05) is 11.5 Å². The standard InChI is InChI=1S/C9H14OS/c1-8(2-4-10)6-9-3-5-11-7-9/h4,9H,1-3,5-7H2. The second-order valence-corrected chi connectivity index (χ2v) is 4.20. The van der Waals surface area contributed by atoms with Crippen LogP contribution in [0, 0.1) is 5.92 Å². The molecular weight excluding hydrogens is 156 g/mol. The number of hydrogen-bond donors (Lipinski definition) is 0. The van der Waals surface area contributed by atoms with Crippen molar-refractivity contribution in [3.63, 3.8) is 0 Å². The summed E-state index contributed by atoms with van der Waals surface area (Å²) in [6.45, 7) is 3.87. The Balaban J connectivity index is 2.18. The molecule has 1 nitrogen and oxygen atoms in total. The van der Waals surface area contributed by atoms with Gasteiger partial charge in [0.2, 0.25) is 0 Å². The molecule has 1 aliphatic heterocycles. The predicted molar refractivity (Wildman–Crippen MR) is 49.9 cm³/mol. The highest BCUT2D eigenvalue weighted by atomic mass is 32.2. The number of carbonyl (C=O) groups excluding carboxylic acids is 1. The Kier molecular flexibility index (Phi) is 3.70. The summed E-state index contributed by atoms with van der Waals surface area (Å²) in [5.41, 5.74) is 1.10. The predicted octanol–water partition coefficient (Wildman–Crippen LogP) is 2.27. The zero-order valence-corrected chi connectivity index (χ0v) is 7.53. The zero-order chi connectivity index (χ0) is 8.10. The lowest BCUT2D eigenvalue weighted by Gasteiger charge is -2.07. The van der Waals surface area contributed by atoms with Crippen molar-refractivity contribution in [1.29, 1.82) is 0 Å². The zero-order valence-electron chi connectivity index (χ0n) is 6.71. The molecule has 0 aromatic heterocycles. The molecule has 0 radical (unpaired) electrons. The van der Waals surface area contributed by atoms with Crippen LogP contribution in [0.4, 0.5) is 0 Å². The average Bonchev–Trinajstić information content (AvgIpc) is 2.40.